The van der Waals surface area contributed by atoms with Crippen molar-refractivity contribution in [1.29, 1.82) is 0 Å². The van der Waals surface area contributed by atoms with Gasteiger partial charge in [0.2, 0.25) is 0 Å². The predicted octanol–water partition coefficient (Wildman–Crippen LogP) is 12.8. The molecule has 27 heteroatoms. The summed E-state index contributed by atoms with van der Waals surface area (Å²) in [4.78, 5) is 51.2. The second-order valence-corrected chi connectivity index (χ2v) is 25.2. The van der Waals surface area contributed by atoms with Crippen LogP contribution in [0, 0.1) is 38.2 Å². The van der Waals surface area contributed by atoms with Crippen molar-refractivity contribution in [3.05, 3.63) is 266 Å². The molecule has 6 aromatic heterocycles. The van der Waals surface area contributed by atoms with Crippen LogP contribution in [0.1, 0.15) is 83.0 Å². The van der Waals surface area contributed by atoms with Gasteiger partial charge in [0.1, 0.15) is 34.9 Å². The summed E-state index contributed by atoms with van der Waals surface area (Å²) in [6.45, 7) is 6.10. The Bertz CT molecular complexity index is 4600. The highest BCUT2D eigenvalue weighted by Crippen LogP contribution is 2.36. The number of hydrogen-bond donors (Lipinski definition) is 9. The first-order valence-electron chi connectivity index (χ1n) is 31.8. The molecule has 21 nitrogen and oxygen atoms in total. The van der Waals surface area contributed by atoms with Gasteiger partial charge in [-0.15, -0.1) is 0 Å². The number of carbonyl (C=O) groups is 3. The van der Waals surface area contributed by atoms with E-state index in [1.807, 2.05) is 78.7 Å². The van der Waals surface area contributed by atoms with Crippen LogP contribution in [-0.2, 0) is 21.1 Å². The number of nitrogens with zero attached hydrogens (tertiary/aromatic N) is 9. The number of nitrogens with two attached hydrogens (primary N) is 6. The molecule has 3 atom stereocenters. The Morgan fingerprint density at radius 2 is 0.657 bits per heavy atom. The second kappa shape index (κ2) is 32.4. The third-order valence-corrected chi connectivity index (χ3v) is 17.4. The molecule has 0 aliphatic rings. The average molecular weight is 1440 g/mol. The summed E-state index contributed by atoms with van der Waals surface area (Å²) in [5.74, 6) is -3.01. The molecule has 102 heavy (non-hydrogen) atoms. The highest BCUT2D eigenvalue weighted by Gasteiger charge is 2.24. The molecule has 0 fully saturated rings. The molecule has 0 radical (unpaired) electrons. The van der Waals surface area contributed by atoms with E-state index in [1.54, 1.807) is 124 Å². The highest BCUT2D eigenvalue weighted by atomic mass is 35.5. The van der Waals surface area contributed by atoms with Gasteiger partial charge in [0.05, 0.1) is 51.9 Å². The molecular weight excluding hydrogens is 1360 g/mol. The van der Waals surface area contributed by atoms with E-state index in [2.05, 4.69) is 46.2 Å². The molecule has 0 aliphatic heterocycles. The Morgan fingerprint density at radius 1 is 0.392 bits per heavy atom. The molecule has 15 N–H and O–H groups in total. The maximum atomic E-state index is 15.0. The van der Waals surface area contributed by atoms with Crippen LogP contribution in [0.25, 0.3) is 66.8 Å². The molecule has 6 heterocycles. The number of pyridine rings is 3. The number of aromatic nitrogens is 9. The third-order valence-electron chi connectivity index (χ3n) is 16.7. The van der Waals surface area contributed by atoms with Crippen LogP contribution in [0.5, 0.6) is 0 Å². The average Bonchev–Trinajstić information content (AvgIpc) is 1.28. The van der Waals surface area contributed by atoms with E-state index in [9.17, 15) is 14.4 Å². The zero-order valence-electron chi connectivity index (χ0n) is 56.2. The summed E-state index contributed by atoms with van der Waals surface area (Å²) >= 11 is 18.1. The maximum Gasteiger partial charge on any atom is 0.254 e. The number of rotatable bonds is 18. The van der Waals surface area contributed by atoms with Gasteiger partial charge in [-0.3, -0.25) is 28.4 Å². The lowest BCUT2D eigenvalue weighted by Crippen LogP contribution is -2.33. The smallest absolute Gasteiger partial charge is 0.254 e. The Kier molecular flexibility index (Phi) is 23.3. The predicted molar refractivity (Wildman–Crippen MR) is 395 cm³/mol. The molecule has 0 bridgehead atoms. The van der Waals surface area contributed by atoms with Gasteiger partial charge in [-0.1, -0.05) is 89.4 Å². The summed E-state index contributed by atoms with van der Waals surface area (Å²) in [7, 11) is 5.51. The normalized spacial score (nSPS) is 11.9. The minimum atomic E-state index is -0.681. The highest BCUT2D eigenvalue weighted by molar-refractivity contribution is 6.31. The molecule has 0 spiro atoms. The van der Waals surface area contributed by atoms with Gasteiger partial charge in [-0.25, -0.2) is 28.1 Å². The van der Waals surface area contributed by atoms with Crippen LogP contribution in [0.4, 0.5) is 30.6 Å². The Balaban J connectivity index is 0.000000165. The molecular formula is C75H72Cl3F3N18O3. The van der Waals surface area contributed by atoms with Crippen LogP contribution in [0.2, 0.25) is 15.1 Å². The van der Waals surface area contributed by atoms with Crippen molar-refractivity contribution in [3.63, 3.8) is 0 Å². The van der Waals surface area contributed by atoms with Gasteiger partial charge >= 0.3 is 0 Å². The minimum Gasteiger partial charge on any atom is -0.383 e. The Labute approximate surface area is 601 Å². The van der Waals surface area contributed by atoms with Crippen molar-refractivity contribution in [2.24, 2.45) is 38.3 Å². The third kappa shape index (κ3) is 17.3. The molecule has 522 valence electrons. The second-order valence-electron chi connectivity index (χ2n) is 23.9. The van der Waals surface area contributed by atoms with Crippen LogP contribution >= 0.6 is 34.8 Å². The van der Waals surface area contributed by atoms with Crippen molar-refractivity contribution in [1.82, 2.24) is 60.2 Å². The van der Waals surface area contributed by atoms with Gasteiger partial charge in [0, 0.05) is 143 Å². The first-order chi connectivity index (χ1) is 48.8. The number of anilines is 3. The van der Waals surface area contributed by atoms with Crippen molar-refractivity contribution < 1.29 is 27.6 Å². The van der Waals surface area contributed by atoms with Gasteiger partial charge in [0.15, 0.2) is 0 Å². The quantitative estimate of drug-likeness (QED) is 0.0385. The van der Waals surface area contributed by atoms with E-state index >= 15 is 13.2 Å². The summed E-state index contributed by atoms with van der Waals surface area (Å²) < 4.78 is 50.3. The Morgan fingerprint density at radius 3 is 0.873 bits per heavy atom. The lowest BCUT2D eigenvalue weighted by Gasteiger charge is -2.18. The fourth-order valence-electron chi connectivity index (χ4n) is 11.5. The van der Waals surface area contributed by atoms with E-state index in [-0.39, 0.29) is 53.8 Å². The largest absolute Gasteiger partial charge is 0.383 e. The van der Waals surface area contributed by atoms with E-state index in [0.29, 0.717) is 48.4 Å². The molecule has 12 rings (SSSR count). The summed E-state index contributed by atoms with van der Waals surface area (Å²) in [5, 5.41) is 22.9. The van der Waals surface area contributed by atoms with Crippen LogP contribution in [-0.4, -0.2) is 81.6 Å². The SMILES string of the molecule is Cc1nn(C)cc1-c1cnc(N)c(-c2ccc(C(=O)NC(CN)c3cccc(Cl)c3)c(F)c2)c1.Cc1nn(C)cc1-c1cnc(N)c(-c2ccc(C(=O)N[C@@H](CN)c3cccc(Cl)c3)c(F)c2)c1.Cc1nn(C)cc1-c1cnc(N)c(-c2ccc(C(=O)N[C@H](CN)c3cccc(Cl)c3)c(F)c2)c1. The number of carbonyl (C=O) groups excluding carboxylic acids is 3. The minimum absolute atomic E-state index is 0.102. The molecule has 0 saturated carbocycles. The van der Waals surface area contributed by atoms with Crippen molar-refractivity contribution in [2.45, 2.75) is 38.9 Å². The molecule has 12 aromatic rings. The Hall–Kier alpha value is -11.3. The van der Waals surface area contributed by atoms with Crippen molar-refractivity contribution in [2.75, 3.05) is 36.8 Å². The van der Waals surface area contributed by atoms with E-state index in [1.165, 1.54) is 36.4 Å². The fourth-order valence-corrected chi connectivity index (χ4v) is 12.1. The lowest BCUT2D eigenvalue weighted by molar-refractivity contribution is 0.0925. The molecule has 0 saturated heterocycles. The van der Waals surface area contributed by atoms with E-state index in [4.69, 9.17) is 69.2 Å². The van der Waals surface area contributed by atoms with Gasteiger partial charge in [-0.05, 0) is 145 Å². The topological polar surface area (TPSA) is 336 Å². The molecule has 6 aromatic carbocycles. The first-order valence-corrected chi connectivity index (χ1v) is 32.9. The summed E-state index contributed by atoms with van der Waals surface area (Å²) in [6, 6.07) is 38.0. The van der Waals surface area contributed by atoms with Crippen LogP contribution in [0.3, 0.4) is 0 Å². The number of benzene rings is 6. The zero-order valence-corrected chi connectivity index (χ0v) is 58.4. The number of nitrogens with one attached hydrogen (secondary N) is 3. The molecule has 0 aliphatic carbocycles. The zero-order chi connectivity index (χ0) is 73.2. The summed E-state index contributed by atoms with van der Waals surface area (Å²) in [5.41, 5.74) is 48.5. The van der Waals surface area contributed by atoms with Crippen LogP contribution in [0.15, 0.2) is 183 Å². The summed E-state index contributed by atoms with van der Waals surface area (Å²) in [6.07, 6.45) is 10.6. The van der Waals surface area contributed by atoms with Crippen molar-refractivity contribution in [3.8, 4) is 66.8 Å². The van der Waals surface area contributed by atoms with Gasteiger partial charge in [0.25, 0.3) is 17.7 Å². The maximum absolute atomic E-state index is 15.0. The molecule has 1 unspecified atom stereocenters. The number of nitrogen functional groups attached to an aromatic ring is 3. The first kappa shape index (κ1) is 73.5. The van der Waals surface area contributed by atoms with Crippen molar-refractivity contribution >= 4 is 70.0 Å². The van der Waals surface area contributed by atoms with Crippen LogP contribution < -0.4 is 50.4 Å². The number of hydrogen-bond acceptors (Lipinski definition) is 15. The van der Waals surface area contributed by atoms with E-state index in [0.717, 1.165) is 67.2 Å². The van der Waals surface area contributed by atoms with Gasteiger partial charge < -0.3 is 50.4 Å². The fraction of sp³-hybridized carbons (Fsp3) is 0.160. The molecule has 3 amide bonds. The number of amides is 3. The number of halogens is 6. The van der Waals surface area contributed by atoms with E-state index < -0.39 is 53.3 Å². The number of aryl methyl sites for hydroxylation is 6. The monoisotopic (exact) mass is 1430 g/mol. The van der Waals surface area contributed by atoms with Gasteiger partial charge in [-0.2, -0.15) is 15.3 Å². The lowest BCUT2D eigenvalue weighted by atomic mass is 9.99. The standard InChI is InChI=1S/3C25H24ClFN6O/c3*1-14-21(13-33(2)32-14)17-9-20(24(29)30-12-17)15-6-7-19(22(27)10-15)25(34)31-23(11-28)16-4-3-5-18(26)8-16/h3*3-10,12-13,23H,11,28H2,1-2H3,(H2,29,30)(H,31,34)/t2*23-;/m10./s1.